The van der Waals surface area contributed by atoms with Gasteiger partial charge >= 0.3 is 0 Å². The van der Waals surface area contributed by atoms with Crippen LogP contribution < -0.4 is 10.1 Å². The molecule has 1 heterocycles. The molecule has 1 aliphatic rings. The fourth-order valence-electron chi connectivity index (χ4n) is 2.71. The van der Waals surface area contributed by atoms with E-state index in [-0.39, 0.29) is 0 Å². The molecule has 1 aliphatic heterocycles. The smallest absolute Gasteiger partial charge is 0.123 e. The Kier molecular flexibility index (Phi) is 4.25. The van der Waals surface area contributed by atoms with Gasteiger partial charge < -0.3 is 15.0 Å². The maximum atomic E-state index is 5.46. The van der Waals surface area contributed by atoms with E-state index >= 15 is 0 Å². The number of benzene rings is 1. The van der Waals surface area contributed by atoms with Crippen LogP contribution in [0.2, 0.25) is 0 Å². The highest BCUT2D eigenvalue weighted by atomic mass is 16.5. The summed E-state index contributed by atoms with van der Waals surface area (Å²) in [7, 11) is 3.92. The second-order valence-electron chi connectivity index (χ2n) is 5.38. The van der Waals surface area contributed by atoms with Crippen molar-refractivity contribution in [1.82, 2.24) is 10.2 Å². The predicted molar refractivity (Wildman–Crippen MR) is 75.2 cm³/mol. The summed E-state index contributed by atoms with van der Waals surface area (Å²) in [6.07, 6.45) is 1.23. The average Bonchev–Trinajstić information content (AvgIpc) is 2.74. The number of ether oxygens (including phenoxy) is 1. The van der Waals surface area contributed by atoms with E-state index in [0.29, 0.717) is 12.1 Å². The van der Waals surface area contributed by atoms with Gasteiger partial charge in [0, 0.05) is 24.2 Å². The third-order valence-corrected chi connectivity index (χ3v) is 3.73. The zero-order chi connectivity index (χ0) is 13.1. The molecule has 0 bridgehead atoms. The molecule has 0 aliphatic carbocycles. The monoisotopic (exact) mass is 248 g/mol. The van der Waals surface area contributed by atoms with E-state index in [4.69, 9.17) is 4.74 Å². The fraction of sp³-hybridized carbons (Fsp3) is 0.600. The quantitative estimate of drug-likeness (QED) is 0.885. The van der Waals surface area contributed by atoms with Crippen molar-refractivity contribution in [3.8, 4) is 5.75 Å². The van der Waals surface area contributed by atoms with Crippen molar-refractivity contribution in [3.05, 3.63) is 29.3 Å². The maximum Gasteiger partial charge on any atom is 0.123 e. The van der Waals surface area contributed by atoms with Gasteiger partial charge in [-0.3, -0.25) is 0 Å². The number of likely N-dealkylation sites (tertiary alicyclic amines) is 1. The van der Waals surface area contributed by atoms with Crippen molar-refractivity contribution in [1.29, 1.82) is 0 Å². The standard InChI is InChI=1S/C15H24N2O/c1-11-5-6-15(18-4)14(9-11)12(2)16-13-7-8-17(3)10-13/h5-6,9,12-13,16H,7-8,10H2,1-4H3. The Balaban J connectivity index is 2.08. The molecular formula is C15H24N2O. The van der Waals surface area contributed by atoms with E-state index in [2.05, 4.69) is 49.3 Å². The van der Waals surface area contributed by atoms with Crippen LogP contribution in [0.25, 0.3) is 0 Å². The molecule has 18 heavy (non-hydrogen) atoms. The number of methoxy groups -OCH3 is 1. The third kappa shape index (κ3) is 3.03. The lowest BCUT2D eigenvalue weighted by molar-refractivity contribution is 0.376. The van der Waals surface area contributed by atoms with Crippen LogP contribution in [-0.4, -0.2) is 38.2 Å². The summed E-state index contributed by atoms with van der Waals surface area (Å²) >= 11 is 0. The van der Waals surface area contributed by atoms with Crippen molar-refractivity contribution < 1.29 is 4.74 Å². The van der Waals surface area contributed by atoms with Crippen molar-refractivity contribution in [2.75, 3.05) is 27.2 Å². The van der Waals surface area contributed by atoms with E-state index in [9.17, 15) is 0 Å². The lowest BCUT2D eigenvalue weighted by Crippen LogP contribution is -2.33. The van der Waals surface area contributed by atoms with Gasteiger partial charge in [0.2, 0.25) is 0 Å². The molecule has 1 fully saturated rings. The van der Waals surface area contributed by atoms with Gasteiger partial charge in [-0.1, -0.05) is 17.7 Å². The number of hydrogen-bond donors (Lipinski definition) is 1. The van der Waals surface area contributed by atoms with Gasteiger partial charge in [0.25, 0.3) is 0 Å². The number of aryl methyl sites for hydroxylation is 1. The first-order chi connectivity index (χ1) is 8.60. The third-order valence-electron chi connectivity index (χ3n) is 3.73. The lowest BCUT2D eigenvalue weighted by Gasteiger charge is -2.22. The molecule has 0 amide bonds. The van der Waals surface area contributed by atoms with Crippen molar-refractivity contribution in [2.45, 2.75) is 32.4 Å². The first-order valence-electron chi connectivity index (χ1n) is 6.69. The molecular weight excluding hydrogens is 224 g/mol. The van der Waals surface area contributed by atoms with Gasteiger partial charge in [-0.25, -0.2) is 0 Å². The highest BCUT2D eigenvalue weighted by Gasteiger charge is 2.22. The van der Waals surface area contributed by atoms with E-state index in [1.165, 1.54) is 24.1 Å². The van der Waals surface area contributed by atoms with Crippen molar-refractivity contribution in [2.24, 2.45) is 0 Å². The predicted octanol–water partition coefficient (Wildman–Crippen LogP) is 2.36. The van der Waals surface area contributed by atoms with Crippen LogP contribution in [0.5, 0.6) is 5.75 Å². The summed E-state index contributed by atoms with van der Waals surface area (Å²) in [6.45, 7) is 6.67. The molecule has 100 valence electrons. The van der Waals surface area contributed by atoms with Crippen LogP contribution in [-0.2, 0) is 0 Å². The second kappa shape index (κ2) is 5.72. The van der Waals surface area contributed by atoms with Crippen LogP contribution in [0.15, 0.2) is 18.2 Å². The Bertz CT molecular complexity index is 405. The van der Waals surface area contributed by atoms with Crippen molar-refractivity contribution in [3.63, 3.8) is 0 Å². The minimum Gasteiger partial charge on any atom is -0.496 e. The molecule has 1 aromatic carbocycles. The van der Waals surface area contributed by atoms with Gasteiger partial charge in [-0.15, -0.1) is 0 Å². The summed E-state index contributed by atoms with van der Waals surface area (Å²) < 4.78 is 5.46. The van der Waals surface area contributed by atoms with Gasteiger partial charge in [0.15, 0.2) is 0 Å². The Morgan fingerprint density at radius 1 is 1.44 bits per heavy atom. The van der Waals surface area contributed by atoms with Crippen molar-refractivity contribution >= 4 is 0 Å². The SMILES string of the molecule is COc1ccc(C)cc1C(C)NC1CCN(C)C1. The van der Waals surface area contributed by atoms with Crippen LogP contribution >= 0.6 is 0 Å². The Morgan fingerprint density at radius 3 is 2.83 bits per heavy atom. The molecule has 0 aromatic heterocycles. The number of rotatable bonds is 4. The fourth-order valence-corrected chi connectivity index (χ4v) is 2.71. The molecule has 1 saturated heterocycles. The number of hydrogen-bond acceptors (Lipinski definition) is 3. The molecule has 2 rings (SSSR count). The van der Waals surface area contributed by atoms with E-state index in [0.717, 1.165) is 12.3 Å². The highest BCUT2D eigenvalue weighted by Crippen LogP contribution is 2.27. The number of nitrogens with zero attached hydrogens (tertiary/aromatic N) is 1. The van der Waals surface area contributed by atoms with E-state index in [1.54, 1.807) is 7.11 Å². The molecule has 3 heteroatoms. The Hall–Kier alpha value is -1.06. The van der Waals surface area contributed by atoms with E-state index in [1.807, 2.05) is 0 Å². The topological polar surface area (TPSA) is 24.5 Å². The van der Waals surface area contributed by atoms with Gasteiger partial charge in [-0.2, -0.15) is 0 Å². The molecule has 0 radical (unpaired) electrons. The molecule has 2 atom stereocenters. The summed E-state index contributed by atoms with van der Waals surface area (Å²) in [5, 5.41) is 3.71. The maximum absolute atomic E-state index is 5.46. The lowest BCUT2D eigenvalue weighted by atomic mass is 10.0. The number of likely N-dealkylation sites (N-methyl/N-ethyl adjacent to an activating group) is 1. The van der Waals surface area contributed by atoms with Crippen LogP contribution in [0, 0.1) is 6.92 Å². The van der Waals surface area contributed by atoms with Crippen LogP contribution in [0.1, 0.15) is 30.5 Å². The largest absolute Gasteiger partial charge is 0.496 e. The van der Waals surface area contributed by atoms with Crippen LogP contribution in [0.3, 0.4) is 0 Å². The first kappa shape index (κ1) is 13.4. The second-order valence-corrected chi connectivity index (χ2v) is 5.38. The summed E-state index contributed by atoms with van der Waals surface area (Å²) in [4.78, 5) is 2.37. The summed E-state index contributed by atoms with van der Waals surface area (Å²) in [5.41, 5.74) is 2.54. The first-order valence-corrected chi connectivity index (χ1v) is 6.69. The molecule has 2 unspecified atom stereocenters. The molecule has 0 spiro atoms. The summed E-state index contributed by atoms with van der Waals surface area (Å²) in [6, 6.07) is 7.29. The normalized spacial score (nSPS) is 22.1. The van der Waals surface area contributed by atoms with E-state index < -0.39 is 0 Å². The zero-order valence-corrected chi connectivity index (χ0v) is 11.9. The van der Waals surface area contributed by atoms with Gasteiger partial charge in [-0.05, 0) is 39.9 Å². The van der Waals surface area contributed by atoms with Gasteiger partial charge in [0.1, 0.15) is 5.75 Å². The number of nitrogens with one attached hydrogen (secondary N) is 1. The molecule has 1 aromatic rings. The van der Waals surface area contributed by atoms with Crippen LogP contribution in [0.4, 0.5) is 0 Å². The average molecular weight is 248 g/mol. The summed E-state index contributed by atoms with van der Waals surface area (Å²) in [5.74, 6) is 0.979. The minimum absolute atomic E-state index is 0.330. The van der Waals surface area contributed by atoms with Gasteiger partial charge in [0.05, 0.1) is 7.11 Å². The molecule has 1 N–H and O–H groups in total. The highest BCUT2D eigenvalue weighted by molar-refractivity contribution is 5.38. The molecule has 0 saturated carbocycles. The Labute approximate surface area is 110 Å². The minimum atomic E-state index is 0.330. The Morgan fingerprint density at radius 2 is 2.22 bits per heavy atom. The molecule has 3 nitrogen and oxygen atoms in total. The zero-order valence-electron chi connectivity index (χ0n) is 11.9.